The van der Waals surface area contributed by atoms with Gasteiger partial charge in [0, 0.05) is 12.0 Å². The van der Waals surface area contributed by atoms with Gasteiger partial charge in [-0.1, -0.05) is 54.6 Å². The van der Waals surface area contributed by atoms with E-state index in [0.717, 1.165) is 0 Å². The summed E-state index contributed by atoms with van der Waals surface area (Å²) in [7, 11) is 0. The van der Waals surface area contributed by atoms with Gasteiger partial charge in [0.05, 0.1) is 18.2 Å². The van der Waals surface area contributed by atoms with Crippen LogP contribution in [0.2, 0.25) is 0 Å². The molecular formula is C28H30N2O7. The number of hydrogen-bond acceptors (Lipinski definition) is 8. The smallest absolute Gasteiger partial charge is 0.343 e. The summed E-state index contributed by atoms with van der Waals surface area (Å²) < 4.78 is 16.6. The van der Waals surface area contributed by atoms with E-state index in [0.29, 0.717) is 16.7 Å². The van der Waals surface area contributed by atoms with Crippen molar-refractivity contribution in [2.45, 2.75) is 38.7 Å². The first-order valence-corrected chi connectivity index (χ1v) is 11.8. The fourth-order valence-electron chi connectivity index (χ4n) is 3.39. The Morgan fingerprint density at radius 1 is 0.919 bits per heavy atom. The fraction of sp³-hybridized carbons (Fsp3) is 0.250. The van der Waals surface area contributed by atoms with Crippen LogP contribution in [0.1, 0.15) is 41.6 Å². The van der Waals surface area contributed by atoms with E-state index >= 15 is 0 Å². The summed E-state index contributed by atoms with van der Waals surface area (Å²) in [6.07, 6.45) is -1.70. The molecule has 0 heterocycles. The number of nitrogens with two attached hydrogens (primary N) is 1. The summed E-state index contributed by atoms with van der Waals surface area (Å²) in [4.78, 5) is 37.2. The molecule has 3 aromatic carbocycles. The molecule has 0 saturated carbocycles. The summed E-state index contributed by atoms with van der Waals surface area (Å²) >= 11 is 0. The molecule has 37 heavy (non-hydrogen) atoms. The molecule has 0 bridgehead atoms. The predicted molar refractivity (Wildman–Crippen MR) is 136 cm³/mol. The van der Waals surface area contributed by atoms with Crippen LogP contribution in [0.25, 0.3) is 0 Å². The number of carbonyl (C=O) groups is 3. The Morgan fingerprint density at radius 3 is 2.19 bits per heavy atom. The summed E-state index contributed by atoms with van der Waals surface area (Å²) in [6, 6.07) is 20.7. The molecule has 3 rings (SSSR count). The highest BCUT2D eigenvalue weighted by Crippen LogP contribution is 2.33. The average Bonchev–Trinajstić information content (AvgIpc) is 2.90. The van der Waals surface area contributed by atoms with E-state index in [2.05, 4.69) is 5.32 Å². The summed E-state index contributed by atoms with van der Waals surface area (Å²) in [6.45, 7) is 3.11. The lowest BCUT2D eigenvalue weighted by Gasteiger charge is -2.21. The van der Waals surface area contributed by atoms with Gasteiger partial charge in [-0.15, -0.1) is 0 Å². The van der Waals surface area contributed by atoms with Crippen molar-refractivity contribution in [1.82, 2.24) is 5.32 Å². The monoisotopic (exact) mass is 506 g/mol. The third-order valence-electron chi connectivity index (χ3n) is 5.14. The molecule has 4 N–H and O–H groups in total. The first-order chi connectivity index (χ1) is 17.8. The van der Waals surface area contributed by atoms with E-state index in [1.807, 2.05) is 0 Å². The van der Waals surface area contributed by atoms with Crippen LogP contribution in [0.3, 0.4) is 0 Å². The molecule has 1 unspecified atom stereocenters. The Balaban J connectivity index is 1.91. The lowest BCUT2D eigenvalue weighted by Crippen LogP contribution is -2.46. The second kappa shape index (κ2) is 13.2. The van der Waals surface area contributed by atoms with Crippen LogP contribution in [0.5, 0.6) is 11.5 Å². The van der Waals surface area contributed by atoms with E-state index in [1.54, 1.807) is 80.6 Å². The highest BCUT2D eigenvalue weighted by molar-refractivity contribution is 5.91. The van der Waals surface area contributed by atoms with Crippen LogP contribution >= 0.6 is 0 Å². The van der Waals surface area contributed by atoms with Gasteiger partial charge in [0.25, 0.3) is 0 Å². The minimum Gasteiger partial charge on any atom is -0.461 e. The highest BCUT2D eigenvalue weighted by atomic mass is 16.6. The van der Waals surface area contributed by atoms with Crippen LogP contribution in [-0.4, -0.2) is 41.6 Å². The zero-order valence-electron chi connectivity index (χ0n) is 20.6. The summed E-state index contributed by atoms with van der Waals surface area (Å²) in [5.74, 6) is -1.61. The Morgan fingerprint density at radius 2 is 1.57 bits per heavy atom. The molecule has 0 radical (unpaired) electrons. The van der Waals surface area contributed by atoms with Gasteiger partial charge in [0.1, 0.15) is 6.04 Å². The summed E-state index contributed by atoms with van der Waals surface area (Å²) in [5, 5.41) is 13.2. The number of aliphatic hydroxyl groups excluding tert-OH is 1. The van der Waals surface area contributed by atoms with Gasteiger partial charge in [0.2, 0.25) is 12.2 Å². The molecule has 3 aromatic rings. The van der Waals surface area contributed by atoms with Gasteiger partial charge in [-0.25, -0.2) is 9.59 Å². The van der Waals surface area contributed by atoms with Gasteiger partial charge in [0.15, 0.2) is 11.5 Å². The average molecular weight is 507 g/mol. The predicted octanol–water partition coefficient (Wildman–Crippen LogP) is 2.91. The molecule has 9 heteroatoms. The Kier molecular flexibility index (Phi) is 9.76. The summed E-state index contributed by atoms with van der Waals surface area (Å²) in [5.41, 5.74) is 6.78. The molecule has 194 valence electrons. The van der Waals surface area contributed by atoms with Crippen molar-refractivity contribution in [3.05, 3.63) is 95.6 Å². The maximum atomic E-state index is 12.7. The molecule has 0 saturated heterocycles. The topological polar surface area (TPSA) is 137 Å². The van der Waals surface area contributed by atoms with Crippen LogP contribution in [0, 0.1) is 0 Å². The minimum absolute atomic E-state index is 0.0436. The Bertz CT molecular complexity index is 1200. The normalized spacial score (nSPS) is 12.4. The number of hydrogen-bond donors (Lipinski definition) is 3. The lowest BCUT2D eigenvalue weighted by atomic mass is 10.0. The SMILES string of the molecule is CC(C)OC(=O)[C@H](Cc1ccc(OC(=O)c2ccccc2)c(OC(O)c2ccccc2)c1)NC(=O)CN. The Hall–Kier alpha value is -4.21. The molecule has 0 fully saturated rings. The van der Waals surface area contributed by atoms with E-state index in [9.17, 15) is 19.5 Å². The van der Waals surface area contributed by atoms with E-state index in [4.69, 9.17) is 19.9 Å². The molecule has 0 aliphatic rings. The number of aliphatic hydroxyl groups is 1. The quantitative estimate of drug-likeness (QED) is 0.205. The maximum Gasteiger partial charge on any atom is 0.343 e. The standard InChI is InChI=1S/C28H30N2O7/c1-18(2)35-28(34)22(30-25(31)17-29)15-19-13-14-23(36-26(32)20-9-5-3-6-10-20)24(16-19)37-27(33)21-11-7-4-8-12-21/h3-14,16,18,22,27,33H,15,17,29H2,1-2H3,(H,30,31)/t22-,27?/m0/s1. The largest absolute Gasteiger partial charge is 0.461 e. The van der Waals surface area contributed by atoms with Crippen molar-refractivity contribution in [3.8, 4) is 11.5 Å². The highest BCUT2D eigenvalue weighted by Gasteiger charge is 2.25. The molecular weight excluding hydrogens is 476 g/mol. The zero-order chi connectivity index (χ0) is 26.8. The van der Waals surface area contributed by atoms with Crippen LogP contribution in [-0.2, 0) is 20.7 Å². The van der Waals surface area contributed by atoms with Crippen LogP contribution < -0.4 is 20.5 Å². The second-order valence-corrected chi connectivity index (χ2v) is 8.43. The molecule has 0 aliphatic carbocycles. The third kappa shape index (κ3) is 8.16. The number of rotatable bonds is 11. The first-order valence-electron chi connectivity index (χ1n) is 11.8. The van der Waals surface area contributed by atoms with Crippen molar-refractivity contribution in [3.63, 3.8) is 0 Å². The number of benzene rings is 3. The second-order valence-electron chi connectivity index (χ2n) is 8.43. The van der Waals surface area contributed by atoms with E-state index in [1.165, 1.54) is 12.1 Å². The Labute approximate surface area is 215 Å². The fourth-order valence-corrected chi connectivity index (χ4v) is 3.39. The van der Waals surface area contributed by atoms with E-state index < -0.39 is 30.2 Å². The van der Waals surface area contributed by atoms with Crippen molar-refractivity contribution in [1.29, 1.82) is 0 Å². The lowest BCUT2D eigenvalue weighted by molar-refractivity contribution is -0.151. The van der Waals surface area contributed by atoms with Crippen LogP contribution in [0.15, 0.2) is 78.9 Å². The molecule has 0 aromatic heterocycles. The number of amides is 1. The van der Waals surface area contributed by atoms with Gasteiger partial charge in [-0.3, -0.25) is 4.79 Å². The molecule has 9 nitrogen and oxygen atoms in total. The van der Waals surface area contributed by atoms with Gasteiger partial charge < -0.3 is 30.4 Å². The first kappa shape index (κ1) is 27.4. The van der Waals surface area contributed by atoms with Gasteiger partial charge >= 0.3 is 11.9 Å². The van der Waals surface area contributed by atoms with Crippen molar-refractivity contribution in [2.24, 2.45) is 5.73 Å². The molecule has 1 amide bonds. The van der Waals surface area contributed by atoms with Gasteiger partial charge in [-0.2, -0.15) is 0 Å². The molecule has 2 atom stereocenters. The van der Waals surface area contributed by atoms with Crippen molar-refractivity contribution < 1.29 is 33.7 Å². The van der Waals surface area contributed by atoms with Gasteiger partial charge in [-0.05, 0) is 43.7 Å². The molecule has 0 spiro atoms. The number of esters is 2. The van der Waals surface area contributed by atoms with Crippen molar-refractivity contribution in [2.75, 3.05) is 6.54 Å². The third-order valence-corrected chi connectivity index (χ3v) is 5.14. The number of ether oxygens (including phenoxy) is 3. The zero-order valence-corrected chi connectivity index (χ0v) is 20.6. The molecule has 0 aliphatic heterocycles. The maximum absolute atomic E-state index is 12.7. The number of carbonyl (C=O) groups excluding carboxylic acids is 3. The van der Waals surface area contributed by atoms with E-state index in [-0.39, 0.29) is 30.6 Å². The minimum atomic E-state index is -1.36. The van der Waals surface area contributed by atoms with Crippen LogP contribution in [0.4, 0.5) is 0 Å². The number of nitrogens with one attached hydrogen (secondary N) is 1. The van der Waals surface area contributed by atoms with Crippen molar-refractivity contribution >= 4 is 17.8 Å².